The van der Waals surface area contributed by atoms with E-state index in [1.165, 1.54) is 24.4 Å². The predicted molar refractivity (Wildman–Crippen MR) is 76.1 cm³/mol. The monoisotopic (exact) mass is 259 g/mol. The Bertz CT molecular complexity index is 491. The van der Waals surface area contributed by atoms with Crippen LogP contribution < -0.4 is 5.32 Å². The molecule has 2 aromatic rings. The molecule has 1 aromatic carbocycles. The van der Waals surface area contributed by atoms with Crippen molar-refractivity contribution in [1.82, 2.24) is 15.1 Å². The number of aromatic nitrogens is 2. The molecule has 18 heavy (non-hydrogen) atoms. The van der Waals surface area contributed by atoms with E-state index in [1.54, 1.807) is 0 Å². The van der Waals surface area contributed by atoms with Gasteiger partial charge in [-0.05, 0) is 36.9 Å². The summed E-state index contributed by atoms with van der Waals surface area (Å²) >= 11 is 2.01. The Hall–Kier alpha value is -1.26. The van der Waals surface area contributed by atoms with Crippen LogP contribution in [0.25, 0.3) is 5.69 Å². The summed E-state index contributed by atoms with van der Waals surface area (Å²) in [5.74, 6) is 3.19. The fourth-order valence-corrected chi connectivity index (χ4v) is 3.04. The van der Waals surface area contributed by atoms with Crippen LogP contribution >= 0.6 is 11.8 Å². The van der Waals surface area contributed by atoms with Crippen LogP contribution in [0.3, 0.4) is 0 Å². The van der Waals surface area contributed by atoms with E-state index < -0.39 is 0 Å². The third-order valence-electron chi connectivity index (χ3n) is 3.15. The quantitative estimate of drug-likeness (QED) is 0.893. The molecule has 3 rings (SSSR count). The van der Waals surface area contributed by atoms with Crippen molar-refractivity contribution in [2.24, 2.45) is 5.92 Å². The van der Waals surface area contributed by atoms with Gasteiger partial charge in [-0.3, -0.25) is 0 Å². The molecule has 0 radical (unpaired) electrons. The Morgan fingerprint density at radius 3 is 2.83 bits per heavy atom. The Kier molecular flexibility index (Phi) is 3.67. The lowest BCUT2D eigenvalue weighted by Gasteiger charge is -2.26. The SMILES string of the molecule is c1ccc(-n2cc(CSCC3CNC3)cn2)cc1. The summed E-state index contributed by atoms with van der Waals surface area (Å²) in [6.45, 7) is 2.38. The molecule has 1 aliphatic rings. The van der Waals surface area contributed by atoms with E-state index in [1.807, 2.05) is 40.8 Å². The molecule has 0 amide bonds. The van der Waals surface area contributed by atoms with Gasteiger partial charge in [0, 0.05) is 17.5 Å². The summed E-state index contributed by atoms with van der Waals surface area (Å²) in [4.78, 5) is 0. The number of rotatable bonds is 5. The molecule has 0 saturated carbocycles. The van der Waals surface area contributed by atoms with Crippen LogP contribution in [0.4, 0.5) is 0 Å². The van der Waals surface area contributed by atoms with Gasteiger partial charge in [-0.25, -0.2) is 4.68 Å². The molecular weight excluding hydrogens is 242 g/mol. The molecule has 3 nitrogen and oxygen atoms in total. The first-order chi connectivity index (χ1) is 8.92. The zero-order valence-corrected chi connectivity index (χ0v) is 11.1. The predicted octanol–water partition coefficient (Wildman–Crippen LogP) is 2.32. The first kappa shape index (κ1) is 11.8. The van der Waals surface area contributed by atoms with E-state index in [0.717, 1.165) is 17.4 Å². The normalized spacial score (nSPS) is 15.6. The number of nitrogens with zero attached hydrogens (tertiary/aromatic N) is 2. The van der Waals surface area contributed by atoms with Gasteiger partial charge >= 0.3 is 0 Å². The van der Waals surface area contributed by atoms with Gasteiger partial charge in [0.1, 0.15) is 0 Å². The topological polar surface area (TPSA) is 29.9 Å². The van der Waals surface area contributed by atoms with Gasteiger partial charge in [0.25, 0.3) is 0 Å². The van der Waals surface area contributed by atoms with E-state index in [9.17, 15) is 0 Å². The summed E-state index contributed by atoms with van der Waals surface area (Å²) in [5, 5.41) is 7.72. The van der Waals surface area contributed by atoms with Crippen molar-refractivity contribution >= 4 is 11.8 Å². The smallest absolute Gasteiger partial charge is 0.0645 e. The molecule has 1 N–H and O–H groups in total. The lowest BCUT2D eigenvalue weighted by molar-refractivity contribution is 0.385. The molecule has 4 heteroatoms. The van der Waals surface area contributed by atoms with E-state index in [-0.39, 0.29) is 0 Å². The minimum Gasteiger partial charge on any atom is -0.316 e. The molecule has 0 spiro atoms. The number of benzene rings is 1. The Morgan fingerprint density at radius 2 is 2.11 bits per heavy atom. The summed E-state index contributed by atoms with van der Waals surface area (Å²) in [6, 6.07) is 10.2. The summed E-state index contributed by atoms with van der Waals surface area (Å²) < 4.78 is 1.95. The fraction of sp³-hybridized carbons (Fsp3) is 0.357. The zero-order chi connectivity index (χ0) is 12.2. The highest BCUT2D eigenvalue weighted by molar-refractivity contribution is 7.98. The first-order valence-corrected chi connectivity index (χ1v) is 7.45. The highest BCUT2D eigenvalue weighted by atomic mass is 32.2. The minimum atomic E-state index is 0.874. The van der Waals surface area contributed by atoms with Gasteiger partial charge in [0.05, 0.1) is 11.9 Å². The number of thioether (sulfide) groups is 1. The van der Waals surface area contributed by atoms with Crippen LogP contribution in [0.15, 0.2) is 42.7 Å². The Balaban J connectivity index is 1.56. The summed E-state index contributed by atoms with van der Waals surface area (Å²) in [7, 11) is 0. The molecule has 1 fully saturated rings. The van der Waals surface area contributed by atoms with E-state index in [0.29, 0.717) is 0 Å². The van der Waals surface area contributed by atoms with Crippen molar-refractivity contribution in [2.75, 3.05) is 18.8 Å². The third kappa shape index (κ3) is 2.76. The molecule has 0 aliphatic carbocycles. The number of nitrogens with one attached hydrogen (secondary N) is 1. The lowest BCUT2D eigenvalue weighted by Crippen LogP contribution is -2.43. The average molecular weight is 259 g/mol. The average Bonchev–Trinajstić information content (AvgIpc) is 2.82. The standard InChI is InChI=1S/C14H17N3S/c1-2-4-14(5-3-1)17-9-13(8-16-17)11-18-10-12-6-15-7-12/h1-5,8-9,12,15H,6-7,10-11H2. The second-order valence-corrected chi connectivity index (χ2v) is 5.70. The van der Waals surface area contributed by atoms with Gasteiger partial charge < -0.3 is 5.32 Å². The maximum absolute atomic E-state index is 4.41. The molecule has 94 valence electrons. The van der Waals surface area contributed by atoms with Gasteiger partial charge in [-0.15, -0.1) is 0 Å². The molecule has 1 aliphatic heterocycles. The molecular formula is C14H17N3S. The van der Waals surface area contributed by atoms with Crippen LogP contribution in [0, 0.1) is 5.92 Å². The molecule has 0 bridgehead atoms. The number of para-hydroxylation sites is 1. The molecule has 2 heterocycles. The van der Waals surface area contributed by atoms with Crippen LogP contribution in [0.5, 0.6) is 0 Å². The fourth-order valence-electron chi connectivity index (χ4n) is 1.97. The minimum absolute atomic E-state index is 0.874. The summed E-state index contributed by atoms with van der Waals surface area (Å²) in [6.07, 6.45) is 4.10. The highest BCUT2D eigenvalue weighted by Crippen LogP contribution is 2.18. The Morgan fingerprint density at radius 1 is 1.28 bits per heavy atom. The van der Waals surface area contributed by atoms with Crippen LogP contribution in [-0.4, -0.2) is 28.6 Å². The molecule has 1 saturated heterocycles. The van der Waals surface area contributed by atoms with Crippen molar-refractivity contribution in [2.45, 2.75) is 5.75 Å². The van der Waals surface area contributed by atoms with E-state index in [2.05, 4.69) is 28.7 Å². The first-order valence-electron chi connectivity index (χ1n) is 6.29. The van der Waals surface area contributed by atoms with E-state index in [4.69, 9.17) is 0 Å². The van der Waals surface area contributed by atoms with E-state index >= 15 is 0 Å². The highest BCUT2D eigenvalue weighted by Gasteiger charge is 2.16. The largest absolute Gasteiger partial charge is 0.316 e. The van der Waals surface area contributed by atoms with Crippen LogP contribution in [0.2, 0.25) is 0 Å². The van der Waals surface area contributed by atoms with Crippen LogP contribution in [-0.2, 0) is 5.75 Å². The summed E-state index contributed by atoms with van der Waals surface area (Å²) in [5.41, 5.74) is 2.42. The van der Waals surface area contributed by atoms with Crippen molar-refractivity contribution in [3.63, 3.8) is 0 Å². The Labute approximate surface area is 112 Å². The molecule has 1 aromatic heterocycles. The molecule has 0 atom stereocenters. The molecule has 0 unspecified atom stereocenters. The second kappa shape index (κ2) is 5.59. The van der Waals surface area contributed by atoms with Crippen molar-refractivity contribution in [3.05, 3.63) is 48.3 Å². The van der Waals surface area contributed by atoms with Gasteiger partial charge in [-0.1, -0.05) is 18.2 Å². The zero-order valence-electron chi connectivity index (χ0n) is 10.2. The van der Waals surface area contributed by atoms with Gasteiger partial charge in [0.2, 0.25) is 0 Å². The lowest BCUT2D eigenvalue weighted by atomic mass is 10.1. The van der Waals surface area contributed by atoms with Crippen molar-refractivity contribution in [3.8, 4) is 5.69 Å². The number of hydrogen-bond donors (Lipinski definition) is 1. The maximum atomic E-state index is 4.41. The van der Waals surface area contributed by atoms with Gasteiger partial charge in [0.15, 0.2) is 0 Å². The van der Waals surface area contributed by atoms with Crippen molar-refractivity contribution in [1.29, 1.82) is 0 Å². The van der Waals surface area contributed by atoms with Gasteiger partial charge in [-0.2, -0.15) is 16.9 Å². The third-order valence-corrected chi connectivity index (χ3v) is 4.39. The second-order valence-electron chi connectivity index (χ2n) is 4.67. The van der Waals surface area contributed by atoms with Crippen LogP contribution in [0.1, 0.15) is 5.56 Å². The van der Waals surface area contributed by atoms with Crippen molar-refractivity contribution < 1.29 is 0 Å². The number of hydrogen-bond acceptors (Lipinski definition) is 3. The maximum Gasteiger partial charge on any atom is 0.0645 e.